The van der Waals surface area contributed by atoms with Gasteiger partial charge >= 0.3 is 0 Å². The molecule has 0 radical (unpaired) electrons. The second-order valence-corrected chi connectivity index (χ2v) is 4.42. The molecule has 2 aromatic carbocycles. The summed E-state index contributed by atoms with van der Waals surface area (Å²) in [6.07, 6.45) is 0. The van der Waals surface area contributed by atoms with Crippen molar-refractivity contribution in [3.05, 3.63) is 58.1 Å². The van der Waals surface area contributed by atoms with E-state index in [0.29, 0.717) is 5.69 Å². The largest absolute Gasteiger partial charge is 0.508 e. The van der Waals surface area contributed by atoms with Gasteiger partial charge in [-0.3, -0.25) is 10.1 Å². The summed E-state index contributed by atoms with van der Waals surface area (Å²) in [5.41, 5.74) is 0.910. The zero-order valence-electron chi connectivity index (χ0n) is 10.8. The lowest BCUT2D eigenvalue weighted by Crippen LogP contribution is -2.08. The van der Waals surface area contributed by atoms with E-state index in [1.807, 2.05) is 13.0 Å². The number of anilines is 1. The van der Waals surface area contributed by atoms with Crippen molar-refractivity contribution in [1.29, 1.82) is 0 Å². The maximum atomic E-state index is 11.0. The Morgan fingerprint density at radius 1 is 1.15 bits per heavy atom. The molecule has 20 heavy (non-hydrogen) atoms. The molecule has 2 aromatic rings. The van der Waals surface area contributed by atoms with Crippen molar-refractivity contribution < 1.29 is 15.1 Å². The number of nitro benzene ring substituents is 1. The summed E-state index contributed by atoms with van der Waals surface area (Å²) in [4.78, 5) is 10.4. The monoisotopic (exact) mass is 274 g/mol. The Labute approximate surface area is 115 Å². The summed E-state index contributed by atoms with van der Waals surface area (Å²) in [6.45, 7) is 1.82. The first-order chi connectivity index (χ1) is 9.47. The van der Waals surface area contributed by atoms with Crippen molar-refractivity contribution in [1.82, 2.24) is 0 Å². The summed E-state index contributed by atoms with van der Waals surface area (Å²) in [7, 11) is 0. The van der Waals surface area contributed by atoms with Crippen LogP contribution in [0.25, 0.3) is 0 Å². The van der Waals surface area contributed by atoms with Gasteiger partial charge in [-0.15, -0.1) is 0 Å². The van der Waals surface area contributed by atoms with Crippen LogP contribution in [0.4, 0.5) is 11.4 Å². The van der Waals surface area contributed by atoms with Gasteiger partial charge in [0.05, 0.1) is 11.0 Å². The molecule has 2 rings (SSSR count). The lowest BCUT2D eigenvalue weighted by Gasteiger charge is -2.16. The van der Waals surface area contributed by atoms with Gasteiger partial charge in [0, 0.05) is 6.04 Å². The summed E-state index contributed by atoms with van der Waals surface area (Å²) in [5, 5.41) is 32.7. The van der Waals surface area contributed by atoms with Gasteiger partial charge < -0.3 is 15.5 Å². The van der Waals surface area contributed by atoms with Crippen LogP contribution in [0.15, 0.2) is 42.5 Å². The SMILES string of the molecule is CC(Nc1ccc(O)cc1[N+](=O)[O-])c1cccc(O)c1. The van der Waals surface area contributed by atoms with Gasteiger partial charge in [0.1, 0.15) is 17.2 Å². The van der Waals surface area contributed by atoms with Crippen LogP contribution in [0.3, 0.4) is 0 Å². The van der Waals surface area contributed by atoms with E-state index in [2.05, 4.69) is 5.32 Å². The quantitative estimate of drug-likeness (QED) is 0.452. The third kappa shape index (κ3) is 2.97. The van der Waals surface area contributed by atoms with Crippen LogP contribution in [-0.2, 0) is 0 Å². The Morgan fingerprint density at radius 2 is 1.85 bits per heavy atom. The third-order valence-electron chi connectivity index (χ3n) is 2.92. The van der Waals surface area contributed by atoms with Gasteiger partial charge in [-0.2, -0.15) is 0 Å². The number of nitrogens with zero attached hydrogens (tertiary/aromatic N) is 1. The number of nitro groups is 1. The van der Waals surface area contributed by atoms with E-state index < -0.39 is 4.92 Å². The van der Waals surface area contributed by atoms with Crippen molar-refractivity contribution in [2.75, 3.05) is 5.32 Å². The summed E-state index contributed by atoms with van der Waals surface area (Å²) in [5.74, 6) is -0.0244. The van der Waals surface area contributed by atoms with Crippen LogP contribution in [0, 0.1) is 10.1 Å². The highest BCUT2D eigenvalue weighted by Gasteiger charge is 2.17. The fourth-order valence-corrected chi connectivity index (χ4v) is 1.90. The molecule has 0 saturated carbocycles. The van der Waals surface area contributed by atoms with Crippen LogP contribution < -0.4 is 5.32 Å². The molecule has 6 nitrogen and oxygen atoms in total. The molecule has 0 fully saturated rings. The molecule has 0 aliphatic rings. The van der Waals surface area contributed by atoms with E-state index >= 15 is 0 Å². The zero-order chi connectivity index (χ0) is 14.7. The zero-order valence-corrected chi connectivity index (χ0v) is 10.8. The van der Waals surface area contributed by atoms with Crippen molar-refractivity contribution in [2.45, 2.75) is 13.0 Å². The molecule has 0 amide bonds. The second kappa shape index (κ2) is 5.48. The van der Waals surface area contributed by atoms with Crippen molar-refractivity contribution >= 4 is 11.4 Å². The maximum absolute atomic E-state index is 11.0. The Kier molecular flexibility index (Phi) is 3.74. The average Bonchev–Trinajstić information content (AvgIpc) is 2.40. The minimum Gasteiger partial charge on any atom is -0.508 e. The number of hydrogen-bond acceptors (Lipinski definition) is 5. The molecule has 0 bridgehead atoms. The molecule has 1 unspecified atom stereocenters. The van der Waals surface area contributed by atoms with Crippen LogP contribution in [-0.4, -0.2) is 15.1 Å². The highest BCUT2D eigenvalue weighted by molar-refractivity contribution is 5.64. The molecule has 3 N–H and O–H groups in total. The number of benzene rings is 2. The lowest BCUT2D eigenvalue weighted by molar-refractivity contribution is -0.384. The van der Waals surface area contributed by atoms with Gasteiger partial charge in [0.25, 0.3) is 5.69 Å². The third-order valence-corrected chi connectivity index (χ3v) is 2.92. The summed E-state index contributed by atoms with van der Waals surface area (Å²) >= 11 is 0. The normalized spacial score (nSPS) is 11.8. The fourth-order valence-electron chi connectivity index (χ4n) is 1.90. The first kappa shape index (κ1) is 13.7. The number of rotatable bonds is 4. The van der Waals surface area contributed by atoms with Gasteiger partial charge in [-0.1, -0.05) is 12.1 Å². The standard InChI is InChI=1S/C14H14N2O4/c1-9(10-3-2-4-11(17)7-10)15-13-6-5-12(18)8-14(13)16(19)20/h2-9,15,17-18H,1H3. The molecule has 6 heteroatoms. The molecular weight excluding hydrogens is 260 g/mol. The maximum Gasteiger partial charge on any atom is 0.296 e. The molecule has 0 aliphatic carbocycles. The van der Waals surface area contributed by atoms with E-state index in [4.69, 9.17) is 0 Å². The van der Waals surface area contributed by atoms with Gasteiger partial charge in [-0.05, 0) is 36.8 Å². The topological polar surface area (TPSA) is 95.6 Å². The van der Waals surface area contributed by atoms with E-state index in [9.17, 15) is 20.3 Å². The molecule has 0 aromatic heterocycles. The Balaban J connectivity index is 2.28. The predicted molar refractivity (Wildman–Crippen MR) is 74.9 cm³/mol. The summed E-state index contributed by atoms with van der Waals surface area (Å²) < 4.78 is 0. The molecule has 0 heterocycles. The molecule has 0 aliphatic heterocycles. The predicted octanol–water partition coefficient (Wildman–Crippen LogP) is 3.18. The van der Waals surface area contributed by atoms with E-state index in [-0.39, 0.29) is 23.2 Å². The molecule has 0 spiro atoms. The molecule has 0 saturated heterocycles. The van der Waals surface area contributed by atoms with E-state index in [0.717, 1.165) is 11.6 Å². The smallest absolute Gasteiger partial charge is 0.296 e. The van der Waals surface area contributed by atoms with Gasteiger partial charge in [0.15, 0.2) is 0 Å². The van der Waals surface area contributed by atoms with E-state index in [1.54, 1.807) is 18.2 Å². The Bertz CT molecular complexity index is 643. The average molecular weight is 274 g/mol. The molecule has 104 valence electrons. The highest BCUT2D eigenvalue weighted by Crippen LogP contribution is 2.31. The Hall–Kier alpha value is -2.76. The first-order valence-electron chi connectivity index (χ1n) is 6.00. The van der Waals surface area contributed by atoms with Crippen molar-refractivity contribution in [2.24, 2.45) is 0 Å². The summed E-state index contributed by atoms with van der Waals surface area (Å²) in [6, 6.07) is 10.3. The van der Waals surface area contributed by atoms with Gasteiger partial charge in [0.2, 0.25) is 0 Å². The highest BCUT2D eigenvalue weighted by atomic mass is 16.6. The molecular formula is C14H14N2O4. The Morgan fingerprint density at radius 3 is 2.50 bits per heavy atom. The minimum atomic E-state index is -0.558. The number of phenolic OH excluding ortho intramolecular Hbond substituents is 2. The van der Waals surface area contributed by atoms with Crippen molar-refractivity contribution in [3.8, 4) is 11.5 Å². The lowest BCUT2D eigenvalue weighted by atomic mass is 10.1. The first-order valence-corrected chi connectivity index (χ1v) is 6.00. The minimum absolute atomic E-state index is 0.136. The van der Waals surface area contributed by atoms with Crippen molar-refractivity contribution in [3.63, 3.8) is 0 Å². The number of hydrogen-bond donors (Lipinski definition) is 3. The van der Waals surface area contributed by atoms with Gasteiger partial charge in [-0.25, -0.2) is 0 Å². The van der Waals surface area contributed by atoms with Crippen LogP contribution in [0.5, 0.6) is 11.5 Å². The number of aromatic hydroxyl groups is 2. The fraction of sp³-hybridized carbons (Fsp3) is 0.143. The second-order valence-electron chi connectivity index (χ2n) is 4.42. The van der Waals surface area contributed by atoms with Crippen LogP contribution in [0.2, 0.25) is 0 Å². The number of nitrogens with one attached hydrogen (secondary N) is 1. The molecule has 1 atom stereocenters. The number of phenols is 2. The van der Waals surface area contributed by atoms with Crippen LogP contribution in [0.1, 0.15) is 18.5 Å². The van der Waals surface area contributed by atoms with Crippen LogP contribution >= 0.6 is 0 Å². The van der Waals surface area contributed by atoms with E-state index in [1.165, 1.54) is 12.1 Å².